The summed E-state index contributed by atoms with van der Waals surface area (Å²) in [5, 5.41) is 24.8. The monoisotopic (exact) mass is 475 g/mol. The van der Waals surface area contributed by atoms with Crippen LogP contribution in [0.4, 0.5) is 0 Å². The Morgan fingerprint density at radius 1 is 0.750 bits per heavy atom. The number of carboxylic acid groups (broad SMARTS) is 3. The van der Waals surface area contributed by atoms with E-state index in [2.05, 4.69) is 25.2 Å². The average molecular weight is 477 g/mol. The number of aliphatic carboxylic acids is 3. The molecule has 6 nitrogen and oxygen atoms in total. The van der Waals surface area contributed by atoms with Crippen molar-refractivity contribution in [2.45, 2.75) is 75.7 Å². The van der Waals surface area contributed by atoms with Gasteiger partial charge < -0.3 is 15.3 Å². The Morgan fingerprint density at radius 3 is 1.00 bits per heavy atom. The molecule has 0 saturated carbocycles. The van der Waals surface area contributed by atoms with Crippen molar-refractivity contribution in [1.29, 1.82) is 0 Å². The summed E-state index contributed by atoms with van der Waals surface area (Å²) in [4.78, 5) is 30.1. The summed E-state index contributed by atoms with van der Waals surface area (Å²) in [7, 11) is 0. The van der Waals surface area contributed by atoms with Gasteiger partial charge in [-0.05, 0) is 62.3 Å². The Morgan fingerprint density at radius 2 is 0.964 bits per heavy atom. The van der Waals surface area contributed by atoms with Gasteiger partial charge in [-0.15, -0.1) is 6.42 Å². The maximum Gasteiger partial charge on any atom is 0.308 e. The molecule has 162 valence electrons. The second-order valence-corrected chi connectivity index (χ2v) is 9.13. The summed E-state index contributed by atoms with van der Waals surface area (Å²) < 4.78 is 0. The van der Waals surface area contributed by atoms with Crippen LogP contribution in [0.5, 0.6) is 0 Å². The molecule has 1 aliphatic rings. The molecular formula is C21H37O6Zr-. The number of allylic oxidation sites excluding steroid dienone is 4. The summed E-state index contributed by atoms with van der Waals surface area (Å²) in [6, 6.07) is 0. The van der Waals surface area contributed by atoms with Crippen LogP contribution in [-0.4, -0.2) is 33.2 Å². The van der Waals surface area contributed by atoms with Crippen LogP contribution in [0.2, 0.25) is 0 Å². The third kappa shape index (κ3) is 24.8. The molecule has 0 radical (unpaired) electrons. The molecule has 0 heterocycles. The first-order valence-electron chi connectivity index (χ1n) is 8.67. The fourth-order valence-corrected chi connectivity index (χ4v) is 0.515. The Labute approximate surface area is 189 Å². The van der Waals surface area contributed by atoms with Crippen molar-refractivity contribution in [2.75, 3.05) is 0 Å². The van der Waals surface area contributed by atoms with Gasteiger partial charge in [-0.25, -0.2) is 11.6 Å². The van der Waals surface area contributed by atoms with E-state index in [4.69, 9.17) is 15.3 Å². The Hall–Kier alpha value is -1.23. The topological polar surface area (TPSA) is 112 Å². The van der Waals surface area contributed by atoms with Crippen molar-refractivity contribution < 1.29 is 55.9 Å². The van der Waals surface area contributed by atoms with Gasteiger partial charge in [0.15, 0.2) is 0 Å². The predicted molar refractivity (Wildman–Crippen MR) is 107 cm³/mol. The van der Waals surface area contributed by atoms with Crippen LogP contribution in [0.3, 0.4) is 0 Å². The van der Waals surface area contributed by atoms with E-state index in [0.29, 0.717) is 0 Å². The molecule has 0 aromatic carbocycles. The molecule has 0 spiro atoms. The Bertz CT molecular complexity index is 481. The molecule has 0 aromatic heterocycles. The standard InChI is InChI=1S/C6H7.3C5H10O2.Zr/c1-6-4-2-3-5-6;3*1-5(2,3)4(6)7;/h2,4H,3H2,1H3;3*1-3H3,(H,6,7);/q-1;;;;. The molecule has 0 saturated heterocycles. The maximum atomic E-state index is 10.0. The molecule has 0 fully saturated rings. The first-order chi connectivity index (χ1) is 11.7. The quantitative estimate of drug-likeness (QED) is 0.422. The minimum Gasteiger partial charge on any atom is -0.481 e. The van der Waals surface area contributed by atoms with E-state index in [-0.39, 0.29) is 26.2 Å². The van der Waals surface area contributed by atoms with E-state index in [1.165, 1.54) is 5.57 Å². The van der Waals surface area contributed by atoms with Crippen molar-refractivity contribution in [3.63, 3.8) is 0 Å². The van der Waals surface area contributed by atoms with Gasteiger partial charge in [0.2, 0.25) is 0 Å². The van der Waals surface area contributed by atoms with Crippen LogP contribution in [0.15, 0.2) is 17.7 Å². The van der Waals surface area contributed by atoms with Crippen molar-refractivity contribution in [2.24, 2.45) is 16.2 Å². The third-order valence-corrected chi connectivity index (χ3v) is 2.79. The fraction of sp³-hybridized carbons (Fsp3) is 0.667. The smallest absolute Gasteiger partial charge is 0.308 e. The van der Waals surface area contributed by atoms with E-state index in [0.717, 1.165) is 6.42 Å². The van der Waals surface area contributed by atoms with Gasteiger partial charge in [-0.1, -0.05) is 6.92 Å². The summed E-state index contributed by atoms with van der Waals surface area (Å²) >= 11 is 0. The number of hydrogen-bond donors (Lipinski definition) is 3. The SMILES string of the molecule is CC(C)(C)C(=O)O.CC(C)(C)C(=O)O.CC(C)(C)C(=O)O.CC1=[C-]CC=C1.[Zr]. The predicted octanol–water partition coefficient (Wildman–Crippen LogP) is 5.04. The molecule has 28 heavy (non-hydrogen) atoms. The Balaban J connectivity index is -0.000000136. The van der Waals surface area contributed by atoms with Crippen LogP contribution in [0.25, 0.3) is 0 Å². The van der Waals surface area contributed by atoms with Crippen LogP contribution < -0.4 is 0 Å². The van der Waals surface area contributed by atoms with Gasteiger partial charge in [0.1, 0.15) is 0 Å². The summed E-state index contributed by atoms with van der Waals surface area (Å²) in [5.41, 5.74) is -0.477. The minimum atomic E-state index is -0.757. The average Bonchev–Trinajstić information content (AvgIpc) is 2.88. The molecular weight excluding hydrogens is 439 g/mol. The number of carboxylic acids is 3. The Kier molecular flexibility index (Phi) is 18.0. The van der Waals surface area contributed by atoms with Crippen LogP contribution >= 0.6 is 0 Å². The number of rotatable bonds is 0. The molecule has 3 N–H and O–H groups in total. The molecule has 0 atom stereocenters. The van der Waals surface area contributed by atoms with E-state index >= 15 is 0 Å². The summed E-state index contributed by atoms with van der Waals surface area (Å²) in [6.07, 6.45) is 8.33. The molecule has 0 aliphatic heterocycles. The minimum absolute atomic E-state index is 0. The number of carbonyl (C=O) groups is 3. The largest absolute Gasteiger partial charge is 0.481 e. The van der Waals surface area contributed by atoms with Gasteiger partial charge >= 0.3 is 17.9 Å². The molecule has 0 bridgehead atoms. The van der Waals surface area contributed by atoms with Gasteiger partial charge in [-0.2, -0.15) is 6.08 Å². The summed E-state index contributed by atoms with van der Waals surface area (Å²) in [6.45, 7) is 17.0. The first-order valence-corrected chi connectivity index (χ1v) is 8.67. The van der Waals surface area contributed by atoms with Crippen molar-refractivity contribution >= 4 is 17.9 Å². The van der Waals surface area contributed by atoms with E-state index < -0.39 is 34.2 Å². The van der Waals surface area contributed by atoms with E-state index in [1.54, 1.807) is 62.3 Å². The maximum absolute atomic E-state index is 10.0. The van der Waals surface area contributed by atoms with Crippen molar-refractivity contribution in [3.05, 3.63) is 23.8 Å². The molecule has 0 aromatic rings. The van der Waals surface area contributed by atoms with E-state index in [1.807, 2.05) is 0 Å². The van der Waals surface area contributed by atoms with Gasteiger partial charge in [0, 0.05) is 26.2 Å². The zero-order valence-corrected chi connectivity index (χ0v) is 21.4. The zero-order chi connectivity index (χ0) is 22.6. The van der Waals surface area contributed by atoms with Gasteiger partial charge in [0.25, 0.3) is 0 Å². The van der Waals surface area contributed by atoms with Gasteiger partial charge in [0.05, 0.1) is 16.2 Å². The van der Waals surface area contributed by atoms with Crippen molar-refractivity contribution in [3.8, 4) is 0 Å². The van der Waals surface area contributed by atoms with Crippen molar-refractivity contribution in [1.82, 2.24) is 0 Å². The van der Waals surface area contributed by atoms with Crippen LogP contribution in [-0.2, 0) is 40.6 Å². The summed E-state index contributed by atoms with van der Waals surface area (Å²) in [5.74, 6) is -2.27. The van der Waals surface area contributed by atoms with E-state index in [9.17, 15) is 14.4 Å². The molecule has 0 unspecified atom stereocenters. The first kappa shape index (κ1) is 34.3. The molecule has 0 amide bonds. The normalized spacial score (nSPS) is 12.4. The third-order valence-electron chi connectivity index (χ3n) is 2.79. The number of hydrogen-bond acceptors (Lipinski definition) is 3. The second-order valence-electron chi connectivity index (χ2n) is 9.13. The van der Waals surface area contributed by atoms with Gasteiger partial charge in [-0.3, -0.25) is 20.5 Å². The van der Waals surface area contributed by atoms with Crippen LogP contribution in [0.1, 0.15) is 75.7 Å². The molecule has 7 heteroatoms. The molecule has 1 rings (SSSR count). The van der Waals surface area contributed by atoms with Crippen LogP contribution in [0, 0.1) is 22.3 Å². The molecule has 1 aliphatic carbocycles. The fourth-order valence-electron chi connectivity index (χ4n) is 0.515. The second kappa shape index (κ2) is 14.7. The zero-order valence-electron chi connectivity index (χ0n) is 18.9.